The second-order valence-electron chi connectivity index (χ2n) is 4.84. The van der Waals surface area contributed by atoms with Gasteiger partial charge >= 0.3 is 0 Å². The Labute approximate surface area is 120 Å². The van der Waals surface area contributed by atoms with Crippen molar-refractivity contribution in [3.8, 4) is 11.3 Å². The Morgan fingerprint density at radius 2 is 2.10 bits per heavy atom. The van der Waals surface area contributed by atoms with Crippen molar-refractivity contribution >= 4 is 16.3 Å². The number of nitrogens with two attached hydrogens (primary N) is 1. The van der Waals surface area contributed by atoms with E-state index in [0.29, 0.717) is 0 Å². The molecule has 0 radical (unpaired) electrons. The molecule has 0 saturated carbocycles. The first-order valence-corrected chi connectivity index (χ1v) is 7.53. The zero-order valence-electron chi connectivity index (χ0n) is 11.2. The Balaban J connectivity index is 2.11. The maximum atomic E-state index is 13.1. The lowest BCUT2D eigenvalue weighted by atomic mass is 10.0. The van der Waals surface area contributed by atoms with E-state index in [1.54, 1.807) is 23.5 Å². The molecule has 1 atom stereocenters. The Hall–Kier alpha value is -1.72. The van der Waals surface area contributed by atoms with Crippen molar-refractivity contribution < 1.29 is 4.39 Å². The van der Waals surface area contributed by atoms with Crippen LogP contribution in [0.3, 0.4) is 0 Å². The van der Waals surface area contributed by atoms with Gasteiger partial charge in [-0.25, -0.2) is 9.37 Å². The summed E-state index contributed by atoms with van der Waals surface area (Å²) in [6.07, 6.45) is 3.69. The van der Waals surface area contributed by atoms with Crippen LogP contribution in [0.25, 0.3) is 16.2 Å². The number of nitrogens with zero attached hydrogens (tertiary/aromatic N) is 2. The Bertz CT molecular complexity index is 714. The Morgan fingerprint density at radius 3 is 2.80 bits per heavy atom. The highest BCUT2D eigenvalue weighted by molar-refractivity contribution is 7.15. The second kappa shape index (κ2) is 5.34. The second-order valence-corrected chi connectivity index (χ2v) is 5.72. The summed E-state index contributed by atoms with van der Waals surface area (Å²) in [5.41, 5.74) is 9.03. The van der Waals surface area contributed by atoms with E-state index < -0.39 is 0 Å². The molecule has 2 aromatic heterocycles. The summed E-state index contributed by atoms with van der Waals surface area (Å²) < 4.78 is 15.2. The highest BCUT2D eigenvalue weighted by Gasteiger charge is 2.16. The number of hydrogen-bond donors (Lipinski definition) is 1. The number of rotatable bonds is 4. The number of hydrogen-bond acceptors (Lipinski definition) is 3. The van der Waals surface area contributed by atoms with Crippen molar-refractivity contribution in [1.29, 1.82) is 0 Å². The molecule has 3 nitrogen and oxygen atoms in total. The summed E-state index contributed by atoms with van der Waals surface area (Å²) in [4.78, 5) is 5.61. The van der Waals surface area contributed by atoms with Crippen LogP contribution in [0.5, 0.6) is 0 Å². The van der Waals surface area contributed by atoms with Gasteiger partial charge in [0.1, 0.15) is 5.82 Å². The average molecular weight is 289 g/mol. The standard InChI is InChI=1S/C15H16FN3S/c1-2-12(17)9-13-14(10-3-5-11(16)6-4-10)18-15-19(13)7-8-20-15/h3-8,12H,2,9,17H2,1H3. The van der Waals surface area contributed by atoms with E-state index in [4.69, 9.17) is 5.73 Å². The van der Waals surface area contributed by atoms with Crippen LogP contribution in [-0.2, 0) is 6.42 Å². The zero-order chi connectivity index (χ0) is 14.1. The van der Waals surface area contributed by atoms with Crippen LogP contribution in [0.2, 0.25) is 0 Å². The third-order valence-corrected chi connectivity index (χ3v) is 4.22. The van der Waals surface area contributed by atoms with Gasteiger partial charge in [0.25, 0.3) is 0 Å². The molecule has 0 aliphatic carbocycles. The first-order valence-electron chi connectivity index (χ1n) is 6.65. The summed E-state index contributed by atoms with van der Waals surface area (Å²) in [5.74, 6) is -0.235. The van der Waals surface area contributed by atoms with E-state index in [9.17, 15) is 4.39 Å². The van der Waals surface area contributed by atoms with E-state index >= 15 is 0 Å². The number of fused-ring (bicyclic) bond motifs is 1. The SMILES string of the molecule is CCC(N)Cc1c(-c2ccc(F)cc2)nc2sccn12. The number of aromatic nitrogens is 2. The topological polar surface area (TPSA) is 43.3 Å². The lowest BCUT2D eigenvalue weighted by Gasteiger charge is -2.10. The van der Waals surface area contributed by atoms with Crippen molar-refractivity contribution in [1.82, 2.24) is 9.38 Å². The number of benzene rings is 1. The molecule has 1 aromatic carbocycles. The van der Waals surface area contributed by atoms with Crippen LogP contribution in [0.15, 0.2) is 35.8 Å². The fourth-order valence-corrected chi connectivity index (χ4v) is 2.99. The van der Waals surface area contributed by atoms with Crippen LogP contribution in [0.4, 0.5) is 4.39 Å². The quantitative estimate of drug-likeness (QED) is 0.799. The van der Waals surface area contributed by atoms with Crippen LogP contribution in [0, 0.1) is 5.82 Å². The van der Waals surface area contributed by atoms with E-state index in [0.717, 1.165) is 34.8 Å². The molecule has 2 heterocycles. The molecule has 0 aliphatic rings. The molecule has 0 bridgehead atoms. The first kappa shape index (κ1) is 13.3. The molecule has 0 amide bonds. The molecule has 1 unspecified atom stereocenters. The molecule has 3 aromatic rings. The van der Waals surface area contributed by atoms with Gasteiger partial charge in [-0.15, -0.1) is 11.3 Å². The number of thiazole rings is 1. The van der Waals surface area contributed by atoms with Gasteiger partial charge in [0, 0.05) is 29.6 Å². The van der Waals surface area contributed by atoms with Crippen molar-refractivity contribution in [2.75, 3.05) is 0 Å². The molecule has 20 heavy (non-hydrogen) atoms. The molecule has 0 saturated heterocycles. The van der Waals surface area contributed by atoms with Gasteiger partial charge in [-0.2, -0.15) is 0 Å². The zero-order valence-corrected chi connectivity index (χ0v) is 12.0. The molecule has 2 N–H and O–H groups in total. The van der Waals surface area contributed by atoms with Crippen LogP contribution in [0.1, 0.15) is 19.0 Å². The van der Waals surface area contributed by atoms with Gasteiger partial charge in [-0.1, -0.05) is 6.92 Å². The third kappa shape index (κ3) is 2.34. The van der Waals surface area contributed by atoms with Gasteiger partial charge < -0.3 is 5.73 Å². The minimum Gasteiger partial charge on any atom is -0.327 e. The summed E-state index contributed by atoms with van der Waals surface area (Å²) in [7, 11) is 0. The van der Waals surface area contributed by atoms with Crippen LogP contribution < -0.4 is 5.73 Å². The summed E-state index contributed by atoms with van der Waals surface area (Å²) in [6, 6.07) is 6.57. The van der Waals surface area contributed by atoms with Gasteiger partial charge in [-0.05, 0) is 30.7 Å². The van der Waals surface area contributed by atoms with Gasteiger partial charge in [0.05, 0.1) is 11.4 Å². The predicted octanol–water partition coefficient (Wildman–Crippen LogP) is 3.48. The van der Waals surface area contributed by atoms with E-state index in [-0.39, 0.29) is 11.9 Å². The Kier molecular flexibility index (Phi) is 3.54. The van der Waals surface area contributed by atoms with E-state index in [1.807, 2.05) is 11.6 Å². The maximum absolute atomic E-state index is 13.1. The number of halogens is 1. The number of imidazole rings is 1. The maximum Gasteiger partial charge on any atom is 0.194 e. The van der Waals surface area contributed by atoms with Crippen molar-refractivity contribution in [2.45, 2.75) is 25.8 Å². The highest BCUT2D eigenvalue weighted by atomic mass is 32.1. The normalized spacial score (nSPS) is 12.9. The van der Waals surface area contributed by atoms with E-state index in [1.165, 1.54) is 12.1 Å². The molecule has 0 fully saturated rings. The van der Waals surface area contributed by atoms with E-state index in [2.05, 4.69) is 16.3 Å². The molecule has 0 aliphatic heterocycles. The summed E-state index contributed by atoms with van der Waals surface area (Å²) in [5, 5.41) is 2.01. The Morgan fingerprint density at radius 1 is 1.35 bits per heavy atom. The largest absolute Gasteiger partial charge is 0.327 e. The van der Waals surface area contributed by atoms with Crippen LogP contribution in [-0.4, -0.2) is 15.4 Å². The first-order chi connectivity index (χ1) is 9.69. The average Bonchev–Trinajstić information content (AvgIpc) is 3.02. The summed E-state index contributed by atoms with van der Waals surface area (Å²) in [6.45, 7) is 2.08. The fraction of sp³-hybridized carbons (Fsp3) is 0.267. The lowest BCUT2D eigenvalue weighted by Crippen LogP contribution is -2.22. The highest BCUT2D eigenvalue weighted by Crippen LogP contribution is 2.27. The summed E-state index contributed by atoms with van der Waals surface area (Å²) >= 11 is 1.59. The van der Waals surface area contributed by atoms with Crippen LogP contribution >= 0.6 is 11.3 Å². The van der Waals surface area contributed by atoms with Gasteiger partial charge in [-0.3, -0.25) is 4.40 Å². The molecule has 3 rings (SSSR count). The minimum absolute atomic E-state index is 0.106. The lowest BCUT2D eigenvalue weighted by molar-refractivity contribution is 0.627. The van der Waals surface area contributed by atoms with Crippen molar-refractivity contribution in [3.05, 3.63) is 47.4 Å². The van der Waals surface area contributed by atoms with Crippen molar-refractivity contribution in [3.63, 3.8) is 0 Å². The van der Waals surface area contributed by atoms with Gasteiger partial charge in [0.2, 0.25) is 0 Å². The van der Waals surface area contributed by atoms with Gasteiger partial charge in [0.15, 0.2) is 4.96 Å². The molecule has 5 heteroatoms. The smallest absolute Gasteiger partial charge is 0.194 e. The molecular weight excluding hydrogens is 273 g/mol. The third-order valence-electron chi connectivity index (χ3n) is 3.46. The molecule has 0 spiro atoms. The fourth-order valence-electron chi connectivity index (χ4n) is 2.26. The van der Waals surface area contributed by atoms with Crippen molar-refractivity contribution in [2.24, 2.45) is 5.73 Å². The molecule has 104 valence electrons. The predicted molar refractivity (Wildman–Crippen MR) is 80.4 cm³/mol. The monoisotopic (exact) mass is 289 g/mol. The minimum atomic E-state index is -0.235. The molecular formula is C15H16FN3S.